The molecule has 9 heavy (non-hydrogen) atoms. The minimum Gasteiger partial charge on any atom is -0.269 e. The second kappa shape index (κ2) is 1.70. The minimum absolute atomic E-state index is 0.925. The molecule has 0 spiro atoms. The topological polar surface area (TPSA) is 29.3 Å². The van der Waals surface area contributed by atoms with Crippen LogP contribution in [-0.4, -0.2) is 18.1 Å². The van der Waals surface area contributed by atoms with E-state index < -0.39 is 0 Å². The highest BCUT2D eigenvalue weighted by molar-refractivity contribution is 4.93. The lowest BCUT2D eigenvalue weighted by molar-refractivity contribution is -0.0335. The van der Waals surface area contributed by atoms with Crippen LogP contribution in [0.4, 0.5) is 0 Å². The summed E-state index contributed by atoms with van der Waals surface area (Å²) in [7, 11) is 0. The van der Waals surface area contributed by atoms with E-state index in [-0.39, 0.29) is 0 Å². The fraction of sp³-hybridized carbons (Fsp3) is 1.00. The molecule has 2 unspecified atom stereocenters. The lowest BCUT2D eigenvalue weighted by Gasteiger charge is -2.51. The molecule has 0 aromatic rings. The van der Waals surface area contributed by atoms with Crippen molar-refractivity contribution in [3.05, 3.63) is 0 Å². The Bertz CT molecular complexity index is 112. The molecule has 2 heterocycles. The molecule has 2 N–H and O–H groups in total. The van der Waals surface area contributed by atoms with Crippen LogP contribution in [0.3, 0.4) is 0 Å². The predicted molar refractivity (Wildman–Crippen MR) is 36.5 cm³/mol. The van der Waals surface area contributed by atoms with Crippen molar-refractivity contribution in [1.29, 1.82) is 0 Å². The van der Waals surface area contributed by atoms with Gasteiger partial charge in [-0.05, 0) is 24.2 Å². The smallest absolute Gasteiger partial charge is 0.0159 e. The Morgan fingerprint density at radius 1 is 1.33 bits per heavy atom. The summed E-state index contributed by atoms with van der Waals surface area (Å²) in [6.07, 6.45) is 1.44. The Kier molecular flexibility index (Phi) is 1.08. The molecule has 1 aliphatic carbocycles. The number of hydrogen-bond acceptors (Lipinski definition) is 2. The third-order valence-corrected chi connectivity index (χ3v) is 3.03. The van der Waals surface area contributed by atoms with Crippen LogP contribution in [0.5, 0.6) is 0 Å². The van der Waals surface area contributed by atoms with Crippen molar-refractivity contribution in [1.82, 2.24) is 5.01 Å². The number of hydrazine groups is 1. The first kappa shape index (κ1) is 5.69. The first-order chi connectivity index (χ1) is 4.27. The van der Waals surface area contributed by atoms with E-state index in [4.69, 9.17) is 5.84 Å². The van der Waals surface area contributed by atoms with Crippen molar-refractivity contribution in [3.8, 4) is 0 Å². The summed E-state index contributed by atoms with van der Waals surface area (Å²) in [5.74, 6) is 8.46. The molecule has 2 bridgehead atoms. The molecule has 0 aromatic heterocycles. The molecule has 52 valence electrons. The molecule has 3 aliphatic rings. The maximum absolute atomic E-state index is 5.65. The quantitative estimate of drug-likeness (QED) is 0.477. The highest BCUT2D eigenvalue weighted by Crippen LogP contribution is 2.43. The van der Waals surface area contributed by atoms with Gasteiger partial charge in [0.15, 0.2) is 0 Å². The van der Waals surface area contributed by atoms with Crippen LogP contribution in [-0.2, 0) is 0 Å². The van der Waals surface area contributed by atoms with E-state index in [1.165, 1.54) is 6.42 Å². The first-order valence-electron chi connectivity index (χ1n) is 3.77. The fourth-order valence-electron chi connectivity index (χ4n) is 2.17. The average molecular weight is 126 g/mol. The van der Waals surface area contributed by atoms with E-state index in [9.17, 15) is 0 Å². The zero-order chi connectivity index (χ0) is 6.43. The van der Waals surface area contributed by atoms with Gasteiger partial charge in [-0.3, -0.25) is 5.84 Å². The van der Waals surface area contributed by atoms with Crippen molar-refractivity contribution in [2.45, 2.75) is 13.3 Å². The molecule has 3 fully saturated rings. The van der Waals surface area contributed by atoms with E-state index in [0.717, 1.165) is 30.8 Å². The van der Waals surface area contributed by atoms with E-state index in [2.05, 4.69) is 6.92 Å². The molecule has 2 heteroatoms. The molecule has 1 saturated carbocycles. The number of piperidine rings is 2. The average Bonchev–Trinajstić information content (AvgIpc) is 1.87. The SMILES string of the molecule is CC1C2CC1CN(N)C2. The fourth-order valence-corrected chi connectivity index (χ4v) is 2.17. The number of fused-ring (bicyclic) bond motifs is 2. The Morgan fingerprint density at radius 2 is 1.89 bits per heavy atom. The van der Waals surface area contributed by atoms with Gasteiger partial charge in [-0.15, -0.1) is 0 Å². The molecule has 2 atom stereocenters. The van der Waals surface area contributed by atoms with Gasteiger partial charge in [0.05, 0.1) is 0 Å². The molecular formula is C7H14N2. The Labute approximate surface area is 56.0 Å². The van der Waals surface area contributed by atoms with E-state index in [1.54, 1.807) is 0 Å². The molecule has 2 aliphatic heterocycles. The molecular weight excluding hydrogens is 112 g/mol. The highest BCUT2D eigenvalue weighted by Gasteiger charge is 2.42. The van der Waals surface area contributed by atoms with Crippen molar-refractivity contribution in [2.75, 3.05) is 13.1 Å². The van der Waals surface area contributed by atoms with E-state index in [1.807, 2.05) is 5.01 Å². The second-order valence-electron chi connectivity index (χ2n) is 3.57. The summed E-state index contributed by atoms with van der Waals surface area (Å²) >= 11 is 0. The van der Waals surface area contributed by atoms with Crippen LogP contribution >= 0.6 is 0 Å². The largest absolute Gasteiger partial charge is 0.269 e. The summed E-state index contributed by atoms with van der Waals surface area (Å²) < 4.78 is 0. The van der Waals surface area contributed by atoms with Crippen LogP contribution in [0, 0.1) is 17.8 Å². The lowest BCUT2D eigenvalue weighted by atomic mass is 9.63. The van der Waals surface area contributed by atoms with E-state index in [0.29, 0.717) is 0 Å². The van der Waals surface area contributed by atoms with E-state index >= 15 is 0 Å². The van der Waals surface area contributed by atoms with Gasteiger partial charge >= 0.3 is 0 Å². The minimum atomic E-state index is 0.925. The number of hydrogen-bond donors (Lipinski definition) is 1. The first-order valence-corrected chi connectivity index (χ1v) is 3.77. The van der Waals surface area contributed by atoms with Gasteiger partial charge in [0, 0.05) is 13.1 Å². The van der Waals surface area contributed by atoms with Crippen molar-refractivity contribution >= 4 is 0 Å². The summed E-state index contributed by atoms with van der Waals surface area (Å²) in [6.45, 7) is 4.63. The Morgan fingerprint density at radius 3 is 2.22 bits per heavy atom. The maximum atomic E-state index is 5.65. The Hall–Kier alpha value is -0.0800. The number of nitrogens with two attached hydrogens (primary N) is 1. The van der Waals surface area contributed by atoms with Gasteiger partial charge in [0.1, 0.15) is 0 Å². The standard InChI is InChI=1S/C7H14N2/c1-5-6-2-7(5)4-9(8)3-6/h5-7H,2-4,8H2,1H3. The summed E-state index contributed by atoms with van der Waals surface area (Å²) in [5.41, 5.74) is 0. The molecule has 0 radical (unpaired) electrons. The highest BCUT2D eigenvalue weighted by atomic mass is 15.4. The normalized spacial score (nSPS) is 50.7. The summed E-state index contributed by atoms with van der Waals surface area (Å²) in [6, 6.07) is 0. The molecule has 0 amide bonds. The maximum Gasteiger partial charge on any atom is 0.0159 e. The van der Waals surface area contributed by atoms with Crippen LogP contribution in [0.25, 0.3) is 0 Å². The van der Waals surface area contributed by atoms with Crippen LogP contribution < -0.4 is 5.84 Å². The van der Waals surface area contributed by atoms with Crippen LogP contribution in [0.2, 0.25) is 0 Å². The zero-order valence-electron chi connectivity index (χ0n) is 5.88. The molecule has 0 aromatic carbocycles. The van der Waals surface area contributed by atoms with Crippen LogP contribution in [0.1, 0.15) is 13.3 Å². The third kappa shape index (κ3) is 0.700. The lowest BCUT2D eigenvalue weighted by Crippen LogP contribution is -2.56. The third-order valence-electron chi connectivity index (χ3n) is 3.03. The van der Waals surface area contributed by atoms with Gasteiger partial charge in [-0.25, -0.2) is 5.01 Å². The number of nitrogens with zero attached hydrogens (tertiary/aromatic N) is 1. The summed E-state index contributed by atoms with van der Waals surface area (Å²) in [5, 5.41) is 1.97. The molecule has 3 rings (SSSR count). The van der Waals surface area contributed by atoms with Crippen molar-refractivity contribution < 1.29 is 0 Å². The van der Waals surface area contributed by atoms with Gasteiger partial charge < -0.3 is 0 Å². The van der Waals surface area contributed by atoms with Crippen molar-refractivity contribution in [3.63, 3.8) is 0 Å². The molecule has 2 saturated heterocycles. The zero-order valence-corrected chi connectivity index (χ0v) is 5.88. The monoisotopic (exact) mass is 126 g/mol. The van der Waals surface area contributed by atoms with Crippen LogP contribution in [0.15, 0.2) is 0 Å². The van der Waals surface area contributed by atoms with Gasteiger partial charge in [0.25, 0.3) is 0 Å². The predicted octanol–water partition coefficient (Wildman–Crippen LogP) is 0.448. The molecule has 2 nitrogen and oxygen atoms in total. The number of rotatable bonds is 0. The second-order valence-corrected chi connectivity index (χ2v) is 3.57. The van der Waals surface area contributed by atoms with Gasteiger partial charge in [0.2, 0.25) is 0 Å². The van der Waals surface area contributed by atoms with Gasteiger partial charge in [-0.1, -0.05) is 6.92 Å². The Balaban J connectivity index is 2.01. The summed E-state index contributed by atoms with van der Waals surface area (Å²) in [4.78, 5) is 0. The van der Waals surface area contributed by atoms with Gasteiger partial charge in [-0.2, -0.15) is 0 Å². The van der Waals surface area contributed by atoms with Crippen molar-refractivity contribution in [2.24, 2.45) is 23.6 Å².